The Morgan fingerprint density at radius 3 is 3.05 bits per heavy atom. The molecule has 1 fully saturated rings. The summed E-state index contributed by atoms with van der Waals surface area (Å²) < 4.78 is 0. The molecule has 1 aromatic carbocycles. The van der Waals surface area contributed by atoms with Gasteiger partial charge in [-0.1, -0.05) is 30.4 Å². The molecule has 3 heteroatoms. The van der Waals surface area contributed by atoms with Crippen LogP contribution in [0.1, 0.15) is 12.8 Å². The predicted octanol–water partition coefficient (Wildman–Crippen LogP) is 3.60. The number of pyridine rings is 1. The van der Waals surface area contributed by atoms with Crippen LogP contribution in [0.15, 0.2) is 53.7 Å². The molecule has 19 heavy (non-hydrogen) atoms. The van der Waals surface area contributed by atoms with Crippen LogP contribution in [-0.2, 0) is 0 Å². The van der Waals surface area contributed by atoms with Crippen LogP contribution >= 0.6 is 0 Å². The molecule has 0 amide bonds. The van der Waals surface area contributed by atoms with E-state index in [2.05, 4.69) is 39.8 Å². The lowest BCUT2D eigenvalue weighted by molar-refractivity contribution is 0.466. The Morgan fingerprint density at radius 2 is 2.11 bits per heavy atom. The highest BCUT2D eigenvalue weighted by Gasteiger charge is 2.37. The van der Waals surface area contributed by atoms with Gasteiger partial charge in [-0.15, -0.1) is 0 Å². The summed E-state index contributed by atoms with van der Waals surface area (Å²) in [6.07, 6.45) is 6.84. The third-order valence-corrected chi connectivity index (χ3v) is 4.08. The average molecular weight is 249 g/mol. The van der Waals surface area contributed by atoms with E-state index in [4.69, 9.17) is 0 Å². The predicted molar refractivity (Wildman–Crippen MR) is 78.2 cm³/mol. The largest absolute Gasteiger partial charge is 0.261 e. The topological polar surface area (TPSA) is 37.3 Å². The smallest absolute Gasteiger partial charge is 0.146 e. The van der Waals surface area contributed by atoms with E-state index in [-0.39, 0.29) is 0 Å². The number of hydrazone groups is 1. The van der Waals surface area contributed by atoms with E-state index in [0.29, 0.717) is 5.92 Å². The zero-order chi connectivity index (χ0) is 12.7. The van der Waals surface area contributed by atoms with Crippen LogP contribution < -0.4 is 5.43 Å². The second-order valence-electron chi connectivity index (χ2n) is 5.24. The third-order valence-electron chi connectivity index (χ3n) is 4.08. The van der Waals surface area contributed by atoms with Crippen molar-refractivity contribution in [1.29, 1.82) is 0 Å². The fraction of sp³-hybridized carbons (Fsp3) is 0.250. The average Bonchev–Trinajstić information content (AvgIpc) is 2.80. The molecule has 4 rings (SSSR count). The SMILES string of the molecule is C1=CC2C/C(=N/Nc3ccc4ccccc4n3)C2C1. The van der Waals surface area contributed by atoms with Crippen molar-refractivity contribution in [1.82, 2.24) is 4.98 Å². The minimum atomic E-state index is 0.646. The molecule has 2 atom stereocenters. The van der Waals surface area contributed by atoms with Crippen molar-refractivity contribution in [2.24, 2.45) is 16.9 Å². The van der Waals surface area contributed by atoms with Crippen molar-refractivity contribution < 1.29 is 0 Å². The lowest BCUT2D eigenvalue weighted by atomic mass is 9.74. The number of aromatic nitrogens is 1. The summed E-state index contributed by atoms with van der Waals surface area (Å²) in [5.41, 5.74) is 5.38. The van der Waals surface area contributed by atoms with E-state index in [1.165, 1.54) is 5.71 Å². The molecule has 1 heterocycles. The molecule has 1 N–H and O–H groups in total. The van der Waals surface area contributed by atoms with Crippen LogP contribution in [0.25, 0.3) is 10.9 Å². The molecule has 2 aromatic rings. The molecule has 0 saturated heterocycles. The maximum atomic E-state index is 4.56. The molecule has 1 aromatic heterocycles. The molecule has 3 nitrogen and oxygen atoms in total. The van der Waals surface area contributed by atoms with E-state index in [9.17, 15) is 0 Å². The second kappa shape index (κ2) is 4.19. The number of hydrogen-bond donors (Lipinski definition) is 1. The van der Waals surface area contributed by atoms with E-state index in [1.54, 1.807) is 0 Å². The lowest BCUT2D eigenvalue weighted by Gasteiger charge is -2.31. The van der Waals surface area contributed by atoms with Gasteiger partial charge in [0.1, 0.15) is 5.82 Å². The Labute approximate surface area is 112 Å². The first-order valence-corrected chi connectivity index (χ1v) is 6.75. The van der Waals surface area contributed by atoms with Crippen molar-refractivity contribution in [3.63, 3.8) is 0 Å². The fourth-order valence-corrected chi connectivity index (χ4v) is 2.92. The first kappa shape index (κ1) is 10.7. The summed E-state index contributed by atoms with van der Waals surface area (Å²) in [7, 11) is 0. The van der Waals surface area contributed by atoms with Crippen molar-refractivity contribution in [2.75, 3.05) is 5.43 Å². The summed E-state index contributed by atoms with van der Waals surface area (Å²) in [6.45, 7) is 0. The maximum Gasteiger partial charge on any atom is 0.146 e. The van der Waals surface area contributed by atoms with Crippen LogP contribution in [0.4, 0.5) is 5.82 Å². The third kappa shape index (κ3) is 1.82. The van der Waals surface area contributed by atoms with Gasteiger partial charge in [-0.2, -0.15) is 5.10 Å². The summed E-state index contributed by atoms with van der Waals surface area (Å²) in [4.78, 5) is 4.56. The number of hydrogen-bond acceptors (Lipinski definition) is 3. The maximum absolute atomic E-state index is 4.56. The van der Waals surface area contributed by atoms with Crippen molar-refractivity contribution in [3.05, 3.63) is 48.6 Å². The van der Waals surface area contributed by atoms with Gasteiger partial charge in [-0.3, -0.25) is 5.43 Å². The van der Waals surface area contributed by atoms with Crippen molar-refractivity contribution >= 4 is 22.4 Å². The van der Waals surface area contributed by atoms with Crippen molar-refractivity contribution in [2.45, 2.75) is 12.8 Å². The van der Waals surface area contributed by atoms with Gasteiger partial charge >= 0.3 is 0 Å². The van der Waals surface area contributed by atoms with Gasteiger partial charge in [0.25, 0.3) is 0 Å². The first-order valence-electron chi connectivity index (χ1n) is 6.75. The summed E-state index contributed by atoms with van der Waals surface area (Å²) >= 11 is 0. The zero-order valence-electron chi connectivity index (χ0n) is 10.6. The molecule has 2 aliphatic carbocycles. The number of nitrogens with one attached hydrogen (secondary N) is 1. The highest BCUT2D eigenvalue weighted by atomic mass is 15.3. The number of benzene rings is 1. The minimum Gasteiger partial charge on any atom is -0.261 e. The lowest BCUT2D eigenvalue weighted by Crippen LogP contribution is -2.33. The monoisotopic (exact) mass is 249 g/mol. The standard InChI is InChI=1S/C16H15N3/c1-2-7-14-11(4-1)8-9-16(17-14)19-18-15-10-12-5-3-6-13(12)15/h1-5,7-9,12-13H,6,10H2,(H,17,19)/b18-15-. The quantitative estimate of drug-likeness (QED) is 0.652. The number of para-hydroxylation sites is 1. The number of allylic oxidation sites excluding steroid dienone is 2. The highest BCUT2D eigenvalue weighted by Crippen LogP contribution is 2.40. The Balaban J connectivity index is 1.54. The molecule has 0 bridgehead atoms. The number of fused-ring (bicyclic) bond motifs is 2. The van der Waals surface area contributed by atoms with Gasteiger partial charge in [0.15, 0.2) is 0 Å². The number of rotatable bonds is 2. The molecular weight excluding hydrogens is 234 g/mol. The van der Waals surface area contributed by atoms with Gasteiger partial charge in [-0.25, -0.2) is 4.98 Å². The van der Waals surface area contributed by atoms with Crippen LogP contribution in [0, 0.1) is 11.8 Å². The summed E-state index contributed by atoms with van der Waals surface area (Å²) in [6, 6.07) is 12.2. The van der Waals surface area contributed by atoms with Gasteiger partial charge < -0.3 is 0 Å². The molecular formula is C16H15N3. The Kier molecular flexibility index (Phi) is 2.37. The molecule has 0 radical (unpaired) electrons. The van der Waals surface area contributed by atoms with Crippen LogP contribution in [0.3, 0.4) is 0 Å². The molecule has 2 unspecified atom stereocenters. The van der Waals surface area contributed by atoms with Crippen molar-refractivity contribution in [3.8, 4) is 0 Å². The zero-order valence-corrected chi connectivity index (χ0v) is 10.6. The van der Waals surface area contributed by atoms with Gasteiger partial charge in [0.05, 0.1) is 5.52 Å². The second-order valence-corrected chi connectivity index (χ2v) is 5.24. The number of anilines is 1. The Morgan fingerprint density at radius 1 is 1.16 bits per heavy atom. The van der Waals surface area contributed by atoms with E-state index >= 15 is 0 Å². The van der Waals surface area contributed by atoms with Crippen LogP contribution in [0.5, 0.6) is 0 Å². The summed E-state index contributed by atoms with van der Waals surface area (Å²) in [5.74, 6) is 2.21. The first-order chi connectivity index (χ1) is 9.40. The summed E-state index contributed by atoms with van der Waals surface area (Å²) in [5, 5.41) is 5.67. The fourth-order valence-electron chi connectivity index (χ4n) is 2.92. The molecule has 94 valence electrons. The number of nitrogens with zero attached hydrogens (tertiary/aromatic N) is 2. The van der Waals surface area contributed by atoms with Gasteiger partial charge in [0.2, 0.25) is 0 Å². The van der Waals surface area contributed by atoms with Gasteiger partial charge in [-0.05, 0) is 37.0 Å². The molecule has 2 aliphatic rings. The van der Waals surface area contributed by atoms with Gasteiger partial charge in [0, 0.05) is 17.0 Å². The Bertz CT molecular complexity index is 687. The van der Waals surface area contributed by atoms with E-state index in [0.717, 1.165) is 35.5 Å². The van der Waals surface area contributed by atoms with Crippen LogP contribution in [-0.4, -0.2) is 10.7 Å². The van der Waals surface area contributed by atoms with Crippen LogP contribution in [0.2, 0.25) is 0 Å². The molecule has 1 saturated carbocycles. The normalized spacial score (nSPS) is 26.4. The molecule has 0 aliphatic heterocycles. The molecule has 0 spiro atoms. The Hall–Kier alpha value is -2.16. The highest BCUT2D eigenvalue weighted by molar-refractivity contribution is 5.94. The van der Waals surface area contributed by atoms with E-state index < -0.39 is 0 Å². The minimum absolute atomic E-state index is 0.646. The van der Waals surface area contributed by atoms with E-state index in [1.807, 2.05) is 24.3 Å².